The maximum atomic E-state index is 12.6. The lowest BCUT2D eigenvalue weighted by Crippen LogP contribution is -2.31. The number of aryl methyl sites for hydroxylation is 4. The summed E-state index contributed by atoms with van der Waals surface area (Å²) in [6, 6.07) is 10.8. The molecule has 6 heteroatoms. The number of rotatable bonds is 8. The van der Waals surface area contributed by atoms with Crippen LogP contribution in [0.25, 0.3) is 0 Å². The Hall–Kier alpha value is -2.18. The summed E-state index contributed by atoms with van der Waals surface area (Å²) in [7, 11) is -3.63. The molecule has 2 rings (SSSR count). The van der Waals surface area contributed by atoms with E-state index in [1.54, 1.807) is 26.8 Å². The Kier molecular flexibility index (Phi) is 7.38. The molecule has 0 fully saturated rings. The molecule has 2 N–H and O–H groups in total. The highest BCUT2D eigenvalue weighted by atomic mass is 32.2. The first-order chi connectivity index (χ1) is 13.1. The van der Waals surface area contributed by atoms with Crippen LogP contribution in [0, 0.1) is 20.8 Å². The van der Waals surface area contributed by atoms with E-state index in [-0.39, 0.29) is 16.8 Å². The van der Waals surface area contributed by atoms with Crippen molar-refractivity contribution in [3.05, 3.63) is 64.2 Å². The number of amides is 1. The number of hydrogen-bond acceptors (Lipinski definition) is 3. The molecule has 0 aliphatic carbocycles. The van der Waals surface area contributed by atoms with Gasteiger partial charge in [-0.1, -0.05) is 29.8 Å². The van der Waals surface area contributed by atoms with Crippen LogP contribution < -0.4 is 10.0 Å². The molecule has 1 amide bonds. The fourth-order valence-corrected chi connectivity index (χ4v) is 4.37. The van der Waals surface area contributed by atoms with Crippen LogP contribution in [-0.4, -0.2) is 26.9 Å². The first-order valence-electron chi connectivity index (χ1n) is 9.57. The summed E-state index contributed by atoms with van der Waals surface area (Å²) >= 11 is 0. The molecular weight excluding hydrogens is 372 g/mol. The van der Waals surface area contributed by atoms with Gasteiger partial charge in [-0.25, -0.2) is 13.1 Å². The largest absolute Gasteiger partial charge is 0.352 e. The van der Waals surface area contributed by atoms with E-state index >= 15 is 0 Å². The average molecular weight is 403 g/mol. The predicted molar refractivity (Wildman–Crippen MR) is 113 cm³/mol. The normalized spacial score (nSPS) is 11.6. The molecule has 0 saturated carbocycles. The van der Waals surface area contributed by atoms with E-state index in [1.165, 1.54) is 28.8 Å². The fourth-order valence-electron chi connectivity index (χ4n) is 3.09. The van der Waals surface area contributed by atoms with Crippen molar-refractivity contribution in [1.29, 1.82) is 0 Å². The number of carbonyl (C=O) groups excluding carboxylic acids is 1. The van der Waals surface area contributed by atoms with Gasteiger partial charge in [-0.2, -0.15) is 0 Å². The molecule has 0 heterocycles. The standard InChI is InChI=1S/C22H30N2O3S/c1-15(2)24-28(26,27)20-11-9-17(4)21(14-20)22(25)23-12-6-7-19-10-8-16(3)13-18(19)5/h8-11,13-15,24H,6-7,12H2,1-5H3,(H,23,25). The summed E-state index contributed by atoms with van der Waals surface area (Å²) in [6.07, 6.45) is 1.71. The van der Waals surface area contributed by atoms with Gasteiger partial charge in [0.2, 0.25) is 10.0 Å². The lowest BCUT2D eigenvalue weighted by Gasteiger charge is -2.13. The second kappa shape index (κ2) is 9.34. The fraction of sp³-hybridized carbons (Fsp3) is 0.409. The van der Waals surface area contributed by atoms with E-state index in [0.29, 0.717) is 12.1 Å². The van der Waals surface area contributed by atoms with Crippen LogP contribution in [0.5, 0.6) is 0 Å². The van der Waals surface area contributed by atoms with Crippen LogP contribution >= 0.6 is 0 Å². The van der Waals surface area contributed by atoms with Gasteiger partial charge in [-0.05, 0) is 76.3 Å². The maximum absolute atomic E-state index is 12.6. The van der Waals surface area contributed by atoms with E-state index < -0.39 is 10.0 Å². The highest BCUT2D eigenvalue weighted by Crippen LogP contribution is 2.16. The van der Waals surface area contributed by atoms with Crippen molar-refractivity contribution in [1.82, 2.24) is 10.0 Å². The van der Waals surface area contributed by atoms with Gasteiger partial charge < -0.3 is 5.32 Å². The van der Waals surface area contributed by atoms with E-state index in [0.717, 1.165) is 18.4 Å². The number of sulfonamides is 1. The van der Waals surface area contributed by atoms with Gasteiger partial charge in [0.25, 0.3) is 5.91 Å². The smallest absolute Gasteiger partial charge is 0.251 e. The second-order valence-electron chi connectivity index (χ2n) is 7.54. The SMILES string of the molecule is Cc1ccc(CCCNC(=O)c2cc(S(=O)(=O)NC(C)C)ccc2C)c(C)c1. The Labute approximate surface area is 168 Å². The van der Waals surface area contributed by atoms with Gasteiger partial charge in [0.1, 0.15) is 0 Å². The van der Waals surface area contributed by atoms with Gasteiger partial charge in [0.05, 0.1) is 4.90 Å². The van der Waals surface area contributed by atoms with Gasteiger partial charge in [0.15, 0.2) is 0 Å². The predicted octanol–water partition coefficient (Wildman–Crippen LogP) is 3.66. The van der Waals surface area contributed by atoms with Gasteiger partial charge in [0, 0.05) is 18.2 Å². The highest BCUT2D eigenvalue weighted by molar-refractivity contribution is 7.89. The van der Waals surface area contributed by atoms with Crippen molar-refractivity contribution in [3.63, 3.8) is 0 Å². The first-order valence-corrected chi connectivity index (χ1v) is 11.1. The Morgan fingerprint density at radius 3 is 2.36 bits per heavy atom. The molecule has 28 heavy (non-hydrogen) atoms. The lowest BCUT2D eigenvalue weighted by atomic mass is 10.0. The van der Waals surface area contributed by atoms with Crippen molar-refractivity contribution in [3.8, 4) is 0 Å². The number of benzene rings is 2. The average Bonchev–Trinajstić information content (AvgIpc) is 2.59. The molecule has 5 nitrogen and oxygen atoms in total. The molecule has 152 valence electrons. The summed E-state index contributed by atoms with van der Waals surface area (Å²) in [5.41, 5.74) is 4.92. The van der Waals surface area contributed by atoms with Crippen molar-refractivity contribution in [2.24, 2.45) is 0 Å². The zero-order valence-electron chi connectivity index (χ0n) is 17.3. The van der Waals surface area contributed by atoms with Crippen molar-refractivity contribution in [2.45, 2.75) is 58.4 Å². The minimum Gasteiger partial charge on any atom is -0.352 e. The lowest BCUT2D eigenvalue weighted by molar-refractivity contribution is 0.0952. The number of hydrogen-bond donors (Lipinski definition) is 2. The molecule has 0 aliphatic heterocycles. The first kappa shape index (κ1) is 22.1. The number of nitrogens with one attached hydrogen (secondary N) is 2. The zero-order valence-corrected chi connectivity index (χ0v) is 18.1. The summed E-state index contributed by atoms with van der Waals surface area (Å²) in [4.78, 5) is 12.7. The quantitative estimate of drug-likeness (QED) is 0.662. The molecule has 0 atom stereocenters. The molecule has 0 unspecified atom stereocenters. The second-order valence-corrected chi connectivity index (χ2v) is 9.26. The Bertz CT molecular complexity index is 950. The third kappa shape index (κ3) is 5.91. The molecule has 0 spiro atoms. The van der Waals surface area contributed by atoms with Crippen molar-refractivity contribution < 1.29 is 13.2 Å². The maximum Gasteiger partial charge on any atom is 0.251 e. The minimum atomic E-state index is -3.63. The third-order valence-electron chi connectivity index (χ3n) is 4.56. The van der Waals surface area contributed by atoms with Gasteiger partial charge in [-0.15, -0.1) is 0 Å². The molecule has 2 aromatic rings. The van der Waals surface area contributed by atoms with Crippen molar-refractivity contribution >= 4 is 15.9 Å². The van der Waals surface area contributed by atoms with E-state index in [4.69, 9.17) is 0 Å². The molecule has 2 aromatic carbocycles. The summed E-state index contributed by atoms with van der Waals surface area (Å²) in [5, 5.41) is 2.91. The third-order valence-corrected chi connectivity index (χ3v) is 6.22. The van der Waals surface area contributed by atoms with Crippen molar-refractivity contribution in [2.75, 3.05) is 6.54 Å². The molecule has 0 aliphatic rings. The molecule has 0 bridgehead atoms. The molecular formula is C22H30N2O3S. The Balaban J connectivity index is 2.01. The molecule has 0 radical (unpaired) electrons. The van der Waals surface area contributed by atoms with Gasteiger partial charge in [-0.3, -0.25) is 4.79 Å². The Morgan fingerprint density at radius 1 is 1.00 bits per heavy atom. The monoisotopic (exact) mass is 402 g/mol. The zero-order chi connectivity index (χ0) is 20.9. The van der Waals surface area contributed by atoms with Crippen LogP contribution in [0.1, 0.15) is 52.9 Å². The topological polar surface area (TPSA) is 75.3 Å². The highest BCUT2D eigenvalue weighted by Gasteiger charge is 2.18. The van der Waals surface area contributed by atoms with Crippen LogP contribution in [0.3, 0.4) is 0 Å². The Morgan fingerprint density at radius 2 is 1.71 bits per heavy atom. The van der Waals surface area contributed by atoms with E-state index in [2.05, 4.69) is 42.1 Å². The van der Waals surface area contributed by atoms with Gasteiger partial charge >= 0.3 is 0 Å². The van der Waals surface area contributed by atoms with Crippen LogP contribution in [-0.2, 0) is 16.4 Å². The number of carbonyl (C=O) groups is 1. The summed E-state index contributed by atoms with van der Waals surface area (Å²) in [6.45, 7) is 10.0. The van der Waals surface area contributed by atoms with E-state index in [1.807, 2.05) is 0 Å². The summed E-state index contributed by atoms with van der Waals surface area (Å²) < 4.78 is 27.3. The van der Waals surface area contributed by atoms with Crippen LogP contribution in [0.2, 0.25) is 0 Å². The summed E-state index contributed by atoms with van der Waals surface area (Å²) in [5.74, 6) is -0.250. The van der Waals surface area contributed by atoms with Crippen LogP contribution in [0.4, 0.5) is 0 Å². The molecule has 0 saturated heterocycles. The van der Waals surface area contributed by atoms with E-state index in [9.17, 15) is 13.2 Å². The minimum absolute atomic E-state index is 0.104. The van der Waals surface area contributed by atoms with Crippen LogP contribution in [0.15, 0.2) is 41.3 Å². The molecule has 0 aromatic heterocycles.